The maximum atomic E-state index is 12.1. The van der Waals surface area contributed by atoms with Crippen LogP contribution in [-0.2, 0) is 11.2 Å². The van der Waals surface area contributed by atoms with Crippen molar-refractivity contribution in [2.75, 3.05) is 20.8 Å². The first-order valence-electron chi connectivity index (χ1n) is 6.82. The highest BCUT2D eigenvalue weighted by molar-refractivity contribution is 7.80. The highest BCUT2D eigenvalue weighted by Gasteiger charge is 2.52. The van der Waals surface area contributed by atoms with Gasteiger partial charge in [0.2, 0.25) is 5.91 Å². The number of hydrogen-bond donors (Lipinski definition) is 2. The van der Waals surface area contributed by atoms with E-state index in [4.69, 9.17) is 27.4 Å². The van der Waals surface area contributed by atoms with E-state index in [1.54, 1.807) is 14.2 Å². The third-order valence-electron chi connectivity index (χ3n) is 3.80. The molecule has 1 saturated carbocycles. The van der Waals surface area contributed by atoms with Crippen molar-refractivity contribution in [1.82, 2.24) is 5.32 Å². The van der Waals surface area contributed by atoms with Gasteiger partial charge in [-0.1, -0.05) is 18.3 Å². The van der Waals surface area contributed by atoms with E-state index < -0.39 is 5.41 Å². The fourth-order valence-electron chi connectivity index (χ4n) is 2.24. The second kappa shape index (κ2) is 6.30. The zero-order valence-electron chi connectivity index (χ0n) is 12.3. The van der Waals surface area contributed by atoms with Crippen LogP contribution >= 0.6 is 12.2 Å². The quantitative estimate of drug-likeness (QED) is 0.746. The zero-order valence-corrected chi connectivity index (χ0v) is 13.1. The van der Waals surface area contributed by atoms with Gasteiger partial charge in [-0.3, -0.25) is 4.79 Å². The smallest absolute Gasteiger partial charge is 0.233 e. The molecular formula is C15H20N2O3S. The number of rotatable bonds is 7. The number of amides is 1. The SMILES string of the molecule is COc1ccc(CCNC(=O)C2(C(N)=S)CC2)cc1OC. The predicted octanol–water partition coefficient (Wildman–Crippen LogP) is 1.43. The van der Waals surface area contributed by atoms with Crippen LogP contribution in [0.4, 0.5) is 0 Å². The van der Waals surface area contributed by atoms with Gasteiger partial charge in [-0.15, -0.1) is 0 Å². The van der Waals surface area contributed by atoms with Crippen LogP contribution in [0, 0.1) is 5.41 Å². The van der Waals surface area contributed by atoms with Crippen LogP contribution in [0.1, 0.15) is 18.4 Å². The molecule has 0 radical (unpaired) electrons. The van der Waals surface area contributed by atoms with Crippen LogP contribution in [0.2, 0.25) is 0 Å². The third kappa shape index (κ3) is 3.26. The van der Waals surface area contributed by atoms with E-state index in [1.807, 2.05) is 18.2 Å². The Kier molecular flexibility index (Phi) is 4.67. The summed E-state index contributed by atoms with van der Waals surface area (Å²) in [6.45, 7) is 0.540. The summed E-state index contributed by atoms with van der Waals surface area (Å²) < 4.78 is 10.4. The van der Waals surface area contributed by atoms with Gasteiger partial charge in [0.1, 0.15) is 0 Å². The lowest BCUT2D eigenvalue weighted by molar-refractivity contribution is -0.123. The second-order valence-corrected chi connectivity index (χ2v) is 5.58. The van der Waals surface area contributed by atoms with E-state index in [1.165, 1.54) is 0 Å². The van der Waals surface area contributed by atoms with E-state index >= 15 is 0 Å². The molecule has 6 heteroatoms. The van der Waals surface area contributed by atoms with Crippen molar-refractivity contribution in [3.63, 3.8) is 0 Å². The summed E-state index contributed by atoms with van der Waals surface area (Å²) in [7, 11) is 3.20. The molecule has 0 unspecified atom stereocenters. The fourth-order valence-corrected chi connectivity index (χ4v) is 2.53. The van der Waals surface area contributed by atoms with Crippen LogP contribution in [0.15, 0.2) is 18.2 Å². The van der Waals surface area contributed by atoms with Gasteiger partial charge < -0.3 is 20.5 Å². The van der Waals surface area contributed by atoms with E-state index in [2.05, 4.69) is 5.32 Å². The summed E-state index contributed by atoms with van der Waals surface area (Å²) in [5.41, 5.74) is 6.10. The van der Waals surface area contributed by atoms with Crippen molar-refractivity contribution in [2.45, 2.75) is 19.3 Å². The molecule has 0 heterocycles. The minimum atomic E-state index is -0.590. The lowest BCUT2D eigenvalue weighted by atomic mass is 10.1. The standard InChI is InChI=1S/C15H20N2O3S/c1-19-11-4-3-10(9-12(11)20-2)5-8-17-14(18)15(6-7-15)13(16)21/h3-4,9H,5-8H2,1-2H3,(H2,16,21)(H,17,18). The molecule has 1 aliphatic rings. The van der Waals surface area contributed by atoms with E-state index in [0.29, 0.717) is 29.5 Å². The van der Waals surface area contributed by atoms with E-state index in [-0.39, 0.29) is 5.91 Å². The van der Waals surface area contributed by atoms with Crippen LogP contribution in [0.5, 0.6) is 11.5 Å². The summed E-state index contributed by atoms with van der Waals surface area (Å²) in [5, 5.41) is 2.90. The highest BCUT2D eigenvalue weighted by atomic mass is 32.1. The summed E-state index contributed by atoms with van der Waals surface area (Å²) in [4.78, 5) is 12.4. The van der Waals surface area contributed by atoms with Gasteiger partial charge in [0.05, 0.1) is 24.6 Å². The monoisotopic (exact) mass is 308 g/mol. The van der Waals surface area contributed by atoms with Crippen molar-refractivity contribution in [2.24, 2.45) is 11.1 Å². The van der Waals surface area contributed by atoms with Gasteiger partial charge in [-0.25, -0.2) is 0 Å². The molecule has 1 fully saturated rings. The van der Waals surface area contributed by atoms with Crippen LogP contribution in [-0.4, -0.2) is 31.7 Å². The number of carbonyl (C=O) groups is 1. The number of carbonyl (C=O) groups excluding carboxylic acids is 1. The lowest BCUT2D eigenvalue weighted by Crippen LogP contribution is -2.40. The van der Waals surface area contributed by atoms with Crippen molar-refractivity contribution in [3.05, 3.63) is 23.8 Å². The molecule has 3 N–H and O–H groups in total. The molecular weight excluding hydrogens is 288 g/mol. The molecule has 21 heavy (non-hydrogen) atoms. The molecule has 1 aromatic rings. The minimum Gasteiger partial charge on any atom is -0.493 e. The molecule has 0 spiro atoms. The third-order valence-corrected chi connectivity index (χ3v) is 4.19. The van der Waals surface area contributed by atoms with Gasteiger partial charge in [-0.05, 0) is 37.0 Å². The highest BCUT2D eigenvalue weighted by Crippen LogP contribution is 2.46. The van der Waals surface area contributed by atoms with Gasteiger partial charge in [0.25, 0.3) is 0 Å². The molecule has 1 aromatic carbocycles. The molecule has 0 bridgehead atoms. The van der Waals surface area contributed by atoms with Crippen LogP contribution < -0.4 is 20.5 Å². The average Bonchev–Trinajstić information content (AvgIpc) is 3.28. The van der Waals surface area contributed by atoms with Gasteiger partial charge >= 0.3 is 0 Å². The fraction of sp³-hybridized carbons (Fsp3) is 0.467. The Morgan fingerprint density at radius 2 is 2.00 bits per heavy atom. The van der Waals surface area contributed by atoms with Crippen molar-refractivity contribution < 1.29 is 14.3 Å². The summed E-state index contributed by atoms with van der Waals surface area (Å²) >= 11 is 4.96. The zero-order chi connectivity index (χ0) is 15.5. The Morgan fingerprint density at radius 3 is 2.52 bits per heavy atom. The second-order valence-electron chi connectivity index (χ2n) is 5.14. The first kappa shape index (κ1) is 15.6. The first-order chi connectivity index (χ1) is 10.0. The number of hydrogen-bond acceptors (Lipinski definition) is 4. The lowest BCUT2D eigenvalue weighted by Gasteiger charge is -2.14. The molecule has 0 aromatic heterocycles. The maximum absolute atomic E-state index is 12.1. The summed E-state index contributed by atoms with van der Waals surface area (Å²) in [5.74, 6) is 1.31. The molecule has 2 rings (SSSR count). The number of benzene rings is 1. The largest absolute Gasteiger partial charge is 0.493 e. The average molecular weight is 308 g/mol. The number of methoxy groups -OCH3 is 2. The van der Waals surface area contributed by atoms with Crippen molar-refractivity contribution >= 4 is 23.1 Å². The van der Waals surface area contributed by atoms with Crippen LogP contribution in [0.25, 0.3) is 0 Å². The Labute approximate surface area is 129 Å². The van der Waals surface area contributed by atoms with Crippen molar-refractivity contribution in [3.8, 4) is 11.5 Å². The Bertz CT molecular complexity index is 556. The first-order valence-corrected chi connectivity index (χ1v) is 7.23. The van der Waals surface area contributed by atoms with Gasteiger partial charge in [0, 0.05) is 6.54 Å². The molecule has 0 saturated heterocycles. The molecule has 1 aliphatic carbocycles. The van der Waals surface area contributed by atoms with E-state index in [9.17, 15) is 4.79 Å². The maximum Gasteiger partial charge on any atom is 0.233 e. The topological polar surface area (TPSA) is 73.6 Å². The van der Waals surface area contributed by atoms with Gasteiger partial charge in [0.15, 0.2) is 11.5 Å². The number of thiocarbonyl (C=S) groups is 1. The minimum absolute atomic E-state index is 0.0597. The number of nitrogens with two attached hydrogens (primary N) is 1. The van der Waals surface area contributed by atoms with Crippen molar-refractivity contribution in [1.29, 1.82) is 0 Å². The normalized spacial score (nSPS) is 15.1. The Morgan fingerprint density at radius 1 is 1.33 bits per heavy atom. The molecule has 114 valence electrons. The predicted molar refractivity (Wildman–Crippen MR) is 84.7 cm³/mol. The van der Waals surface area contributed by atoms with E-state index in [0.717, 1.165) is 18.4 Å². The molecule has 1 amide bonds. The molecule has 0 atom stereocenters. The summed E-state index contributed by atoms with van der Waals surface area (Å²) in [6, 6.07) is 5.72. The van der Waals surface area contributed by atoms with Crippen LogP contribution in [0.3, 0.4) is 0 Å². The number of nitrogens with one attached hydrogen (secondary N) is 1. The summed E-state index contributed by atoms with van der Waals surface area (Å²) in [6.07, 6.45) is 2.22. The Hall–Kier alpha value is -1.82. The Balaban J connectivity index is 1.89. The number of ether oxygens (including phenoxy) is 2. The molecule has 0 aliphatic heterocycles. The molecule has 5 nitrogen and oxygen atoms in total. The van der Waals surface area contributed by atoms with Gasteiger partial charge in [-0.2, -0.15) is 0 Å².